The van der Waals surface area contributed by atoms with Crippen LogP contribution in [0.4, 0.5) is 0 Å². The fraction of sp³-hybridized carbons (Fsp3) is 0.125. The highest BCUT2D eigenvalue weighted by Gasteiger charge is 2.43. The summed E-state index contributed by atoms with van der Waals surface area (Å²) in [6.45, 7) is 0. The fourth-order valence-corrected chi connectivity index (χ4v) is 5.84. The Morgan fingerprint density at radius 2 is 1.08 bits per heavy atom. The van der Waals surface area contributed by atoms with Crippen LogP contribution >= 0.6 is 81.4 Å². The van der Waals surface area contributed by atoms with Crippen LogP contribution in [0.1, 0.15) is 22.3 Å². The first-order valence-corrected chi connectivity index (χ1v) is 9.56. The predicted octanol–water partition coefficient (Wildman–Crippen LogP) is 7.35. The van der Waals surface area contributed by atoms with Crippen molar-refractivity contribution in [1.82, 2.24) is 0 Å². The molecule has 0 aliphatic rings. The maximum Gasteiger partial charge on any atom is 0.192 e. The summed E-state index contributed by atoms with van der Waals surface area (Å²) >= 11 is 38.4. The average Bonchev–Trinajstić information content (AvgIpc) is 2.53. The molecular weight excluding hydrogens is 465 g/mol. The van der Waals surface area contributed by atoms with Gasteiger partial charge in [-0.25, -0.2) is 0 Å². The van der Waals surface area contributed by atoms with E-state index in [-0.39, 0.29) is 32.3 Å². The molecular formula is C16H6Cl6N2S. The normalized spacial score (nSPS) is 11.7. The molecule has 0 aliphatic heterocycles. The van der Waals surface area contributed by atoms with Crippen LogP contribution in [0.3, 0.4) is 0 Å². The zero-order chi connectivity index (χ0) is 18.8. The highest BCUT2D eigenvalue weighted by Crippen LogP contribution is 2.59. The summed E-state index contributed by atoms with van der Waals surface area (Å²) in [5.74, 6) is 0. The molecule has 0 heterocycles. The summed E-state index contributed by atoms with van der Waals surface area (Å²) in [6.07, 6.45) is 0. The Balaban J connectivity index is 2.51. The molecule has 0 spiro atoms. The molecule has 0 aliphatic carbocycles. The first kappa shape index (κ1) is 20.8. The van der Waals surface area contributed by atoms with Gasteiger partial charge in [0, 0.05) is 11.1 Å². The molecule has 0 atom stereocenters. The van der Waals surface area contributed by atoms with E-state index >= 15 is 0 Å². The Morgan fingerprint density at radius 1 is 0.720 bits per heavy atom. The molecule has 0 fully saturated rings. The number of hydrogen-bond donors (Lipinski definition) is 0. The molecule has 0 saturated heterocycles. The molecule has 25 heavy (non-hydrogen) atoms. The van der Waals surface area contributed by atoms with E-state index in [0.717, 1.165) is 11.8 Å². The lowest BCUT2D eigenvalue weighted by Gasteiger charge is -2.29. The van der Waals surface area contributed by atoms with E-state index in [2.05, 4.69) is 0 Å². The third-order valence-electron chi connectivity index (χ3n) is 3.13. The van der Waals surface area contributed by atoms with E-state index in [4.69, 9.17) is 69.6 Å². The van der Waals surface area contributed by atoms with Gasteiger partial charge in [0.2, 0.25) is 0 Å². The maximum absolute atomic E-state index is 9.31. The second kappa shape index (κ2) is 8.03. The number of rotatable bonds is 4. The quantitative estimate of drug-likeness (QED) is 0.439. The molecule has 2 nitrogen and oxygen atoms in total. The van der Waals surface area contributed by atoms with Gasteiger partial charge in [0.15, 0.2) is 7.33 Å². The first-order valence-electron chi connectivity index (χ1n) is 6.48. The van der Waals surface area contributed by atoms with E-state index in [9.17, 15) is 10.5 Å². The van der Waals surface area contributed by atoms with Crippen molar-refractivity contribution in [3.63, 3.8) is 0 Å². The van der Waals surface area contributed by atoms with E-state index in [1.807, 2.05) is 12.1 Å². The Labute approximate surface area is 179 Å². The van der Waals surface area contributed by atoms with Crippen molar-refractivity contribution in [1.29, 1.82) is 10.5 Å². The topological polar surface area (TPSA) is 47.6 Å². The molecule has 0 unspecified atom stereocenters. The highest BCUT2D eigenvalue weighted by molar-refractivity contribution is 8.05. The molecule has 2 rings (SSSR count). The summed E-state index contributed by atoms with van der Waals surface area (Å²) in [6, 6.07) is 13.3. The minimum Gasteiger partial charge on any atom is -0.192 e. The van der Waals surface area contributed by atoms with Crippen LogP contribution < -0.4 is 0 Å². The third kappa shape index (κ3) is 4.44. The van der Waals surface area contributed by atoms with Gasteiger partial charge in [0.05, 0.1) is 21.2 Å². The SMILES string of the molecule is N#Cc1c(Cl)cccc1C(Cl)(Cl)SC(Cl)(Cl)c1cccc(Cl)c1C#N. The van der Waals surface area contributed by atoms with Gasteiger partial charge in [-0.15, -0.1) is 0 Å². The monoisotopic (exact) mass is 468 g/mol. The van der Waals surface area contributed by atoms with Gasteiger partial charge in [-0.05, 0) is 12.1 Å². The van der Waals surface area contributed by atoms with Gasteiger partial charge in [-0.2, -0.15) is 10.5 Å². The smallest absolute Gasteiger partial charge is 0.192 e. The maximum atomic E-state index is 9.31. The van der Waals surface area contributed by atoms with Gasteiger partial charge in [0.25, 0.3) is 0 Å². The summed E-state index contributed by atoms with van der Waals surface area (Å²) in [4.78, 5) is 0. The molecule has 0 N–H and O–H groups in total. The minimum absolute atomic E-state index is 0.109. The van der Waals surface area contributed by atoms with Gasteiger partial charge >= 0.3 is 0 Å². The molecule has 0 aromatic heterocycles. The van der Waals surface area contributed by atoms with Gasteiger partial charge in [0.1, 0.15) is 12.1 Å². The number of nitrogens with zero attached hydrogens (tertiary/aromatic N) is 2. The lowest BCUT2D eigenvalue weighted by molar-refractivity contribution is 1.17. The van der Waals surface area contributed by atoms with Gasteiger partial charge < -0.3 is 0 Å². The van der Waals surface area contributed by atoms with Crippen LogP contribution in [0.2, 0.25) is 10.0 Å². The highest BCUT2D eigenvalue weighted by atomic mass is 35.5. The van der Waals surface area contributed by atoms with Crippen molar-refractivity contribution >= 4 is 81.4 Å². The molecule has 128 valence electrons. The van der Waals surface area contributed by atoms with Gasteiger partial charge in [-0.3, -0.25) is 0 Å². The summed E-state index contributed by atoms with van der Waals surface area (Å²) in [5.41, 5.74) is 0.693. The zero-order valence-electron chi connectivity index (χ0n) is 12.0. The Morgan fingerprint density at radius 3 is 1.40 bits per heavy atom. The molecule has 0 saturated carbocycles. The summed E-state index contributed by atoms with van der Waals surface area (Å²) in [5, 5.41) is 19.0. The summed E-state index contributed by atoms with van der Waals surface area (Å²) in [7, 11) is 0. The minimum atomic E-state index is -1.71. The third-order valence-corrected chi connectivity index (χ3v) is 6.46. The molecule has 2 aromatic carbocycles. The number of hydrogen-bond acceptors (Lipinski definition) is 3. The van der Waals surface area contributed by atoms with Crippen molar-refractivity contribution in [2.45, 2.75) is 7.33 Å². The van der Waals surface area contributed by atoms with Crippen LogP contribution in [0, 0.1) is 22.7 Å². The van der Waals surface area contributed by atoms with Crippen LogP contribution in [-0.2, 0) is 7.33 Å². The van der Waals surface area contributed by atoms with Crippen LogP contribution in [0.15, 0.2) is 36.4 Å². The number of benzene rings is 2. The molecule has 0 bridgehead atoms. The number of halogens is 6. The van der Waals surface area contributed by atoms with E-state index < -0.39 is 7.33 Å². The predicted molar refractivity (Wildman–Crippen MR) is 107 cm³/mol. The standard InChI is InChI=1S/C16H6Cl6N2S/c17-13-5-1-3-11(9(13)7-23)15(19,20)25-16(21,22)12-4-2-6-14(18)10(12)8-24/h1-6H. The van der Waals surface area contributed by atoms with E-state index in [1.165, 1.54) is 12.1 Å². The number of thioether (sulfide) groups is 1. The second-order valence-electron chi connectivity index (χ2n) is 4.68. The Kier molecular flexibility index (Phi) is 6.69. The molecule has 9 heteroatoms. The Bertz CT molecular complexity index is 825. The number of nitriles is 2. The van der Waals surface area contributed by atoms with Crippen molar-refractivity contribution in [3.05, 3.63) is 68.7 Å². The molecule has 2 aromatic rings. The average molecular weight is 471 g/mol. The Hall–Kier alpha value is -0.490. The van der Waals surface area contributed by atoms with E-state index in [0.29, 0.717) is 0 Å². The zero-order valence-corrected chi connectivity index (χ0v) is 17.4. The lowest BCUT2D eigenvalue weighted by atomic mass is 10.1. The largest absolute Gasteiger partial charge is 0.192 e. The van der Waals surface area contributed by atoms with E-state index in [1.54, 1.807) is 24.3 Å². The second-order valence-corrected chi connectivity index (χ2v) is 10.5. The number of alkyl halides is 4. The van der Waals surface area contributed by atoms with Crippen molar-refractivity contribution in [2.24, 2.45) is 0 Å². The van der Waals surface area contributed by atoms with Crippen molar-refractivity contribution in [2.75, 3.05) is 0 Å². The summed E-state index contributed by atoms with van der Waals surface area (Å²) < 4.78 is -3.43. The van der Waals surface area contributed by atoms with Crippen LogP contribution in [0.5, 0.6) is 0 Å². The van der Waals surface area contributed by atoms with Crippen molar-refractivity contribution < 1.29 is 0 Å². The van der Waals surface area contributed by atoms with Crippen molar-refractivity contribution in [3.8, 4) is 12.1 Å². The van der Waals surface area contributed by atoms with Gasteiger partial charge in [-0.1, -0.05) is 106 Å². The van der Waals surface area contributed by atoms with Crippen LogP contribution in [-0.4, -0.2) is 0 Å². The van der Waals surface area contributed by atoms with Crippen LogP contribution in [0.25, 0.3) is 0 Å². The molecule has 0 amide bonds. The first-order chi connectivity index (χ1) is 11.6. The lowest BCUT2D eigenvalue weighted by Crippen LogP contribution is -2.17. The molecule has 0 radical (unpaired) electrons. The fourth-order valence-electron chi connectivity index (χ4n) is 2.03.